The smallest absolute Gasteiger partial charge is 0.328 e. The Hall–Kier alpha value is -2.86. The van der Waals surface area contributed by atoms with Crippen molar-refractivity contribution < 1.29 is 22.7 Å². The Labute approximate surface area is 219 Å². The van der Waals surface area contributed by atoms with Gasteiger partial charge in [0, 0.05) is 19.6 Å². The Morgan fingerprint density at radius 2 is 2.03 bits per heavy atom. The van der Waals surface area contributed by atoms with Crippen molar-refractivity contribution in [2.24, 2.45) is 28.3 Å². The third kappa shape index (κ3) is 7.35. The number of aliphatic imine (C=N–C) groups is 1. The van der Waals surface area contributed by atoms with Gasteiger partial charge in [0.2, 0.25) is 15.9 Å². The van der Waals surface area contributed by atoms with E-state index in [9.17, 15) is 18.0 Å². The predicted octanol–water partition coefficient (Wildman–Crippen LogP) is 1.18. The second-order valence-electron chi connectivity index (χ2n) is 10.0. The van der Waals surface area contributed by atoms with Crippen molar-refractivity contribution in [2.75, 3.05) is 31.6 Å². The fraction of sp³-hybridized carbons (Fsp3) is 0.640. The summed E-state index contributed by atoms with van der Waals surface area (Å²) in [6, 6.07) is 3.31. The average molecular weight is 537 g/mol. The van der Waals surface area contributed by atoms with Gasteiger partial charge < -0.3 is 26.4 Å². The number of anilines is 1. The number of sulfonamides is 1. The maximum atomic E-state index is 13.8. The Kier molecular flexibility index (Phi) is 9.77. The van der Waals surface area contributed by atoms with Crippen LogP contribution in [-0.2, 0) is 30.8 Å². The normalized spacial score (nSPS) is 22.4. The highest BCUT2D eigenvalue weighted by atomic mass is 32.2. The molecule has 2 aliphatic heterocycles. The van der Waals surface area contributed by atoms with Gasteiger partial charge in [-0.3, -0.25) is 9.79 Å². The number of fused-ring (bicyclic) bond motifs is 1. The first-order chi connectivity index (χ1) is 17.5. The molecule has 0 spiro atoms. The molecule has 1 aromatic carbocycles. The van der Waals surface area contributed by atoms with Crippen LogP contribution in [0.2, 0.25) is 0 Å². The number of carbonyl (C=O) groups excluding carboxylic acids is 2. The van der Waals surface area contributed by atoms with Gasteiger partial charge in [-0.15, -0.1) is 0 Å². The van der Waals surface area contributed by atoms with E-state index < -0.39 is 34.0 Å². The molecule has 12 heteroatoms. The summed E-state index contributed by atoms with van der Waals surface area (Å²) in [5, 5.41) is 3.24. The molecule has 6 N–H and O–H groups in total. The summed E-state index contributed by atoms with van der Waals surface area (Å²) in [7, 11) is -4.08. The Morgan fingerprint density at radius 3 is 2.73 bits per heavy atom. The number of hydrogen-bond donors (Lipinski definition) is 4. The number of likely N-dealkylation sites (tertiary alicyclic amines) is 1. The van der Waals surface area contributed by atoms with Gasteiger partial charge in [0.05, 0.1) is 12.3 Å². The highest BCUT2D eigenvalue weighted by Gasteiger charge is 2.40. The van der Waals surface area contributed by atoms with Gasteiger partial charge in [-0.05, 0) is 62.5 Å². The molecule has 206 valence electrons. The summed E-state index contributed by atoms with van der Waals surface area (Å²) < 4.78 is 35.1. The quantitative estimate of drug-likeness (QED) is 0.150. The van der Waals surface area contributed by atoms with Gasteiger partial charge >= 0.3 is 5.97 Å². The van der Waals surface area contributed by atoms with E-state index in [1.165, 1.54) is 11.0 Å². The number of nitrogens with zero attached hydrogens (tertiary/aromatic N) is 2. The lowest BCUT2D eigenvalue weighted by Gasteiger charge is -2.38. The van der Waals surface area contributed by atoms with Crippen LogP contribution in [-0.4, -0.2) is 69.5 Å². The number of hydrogen-bond acceptors (Lipinski definition) is 7. The fourth-order valence-electron chi connectivity index (χ4n) is 4.95. The third-order valence-corrected chi connectivity index (χ3v) is 8.36. The molecule has 1 amide bonds. The molecule has 1 unspecified atom stereocenters. The number of piperidine rings is 1. The van der Waals surface area contributed by atoms with Crippen LogP contribution in [0.1, 0.15) is 52.0 Å². The molecule has 2 heterocycles. The zero-order chi connectivity index (χ0) is 27.2. The van der Waals surface area contributed by atoms with E-state index in [-0.39, 0.29) is 36.3 Å². The first kappa shape index (κ1) is 28.7. The number of ether oxygens (including phenoxy) is 1. The van der Waals surface area contributed by atoms with E-state index >= 15 is 0 Å². The number of esters is 1. The van der Waals surface area contributed by atoms with Crippen molar-refractivity contribution in [3.8, 4) is 0 Å². The van der Waals surface area contributed by atoms with Gasteiger partial charge in [0.25, 0.3) is 0 Å². The molecule has 1 fully saturated rings. The van der Waals surface area contributed by atoms with Crippen LogP contribution in [0.3, 0.4) is 0 Å². The summed E-state index contributed by atoms with van der Waals surface area (Å²) in [5.41, 5.74) is 12.3. The number of benzene rings is 1. The van der Waals surface area contributed by atoms with E-state index in [2.05, 4.69) is 22.0 Å². The predicted molar refractivity (Wildman–Crippen MR) is 142 cm³/mol. The zero-order valence-electron chi connectivity index (χ0n) is 21.9. The standard InChI is InChI=1S/C25H40N6O5S/c1-4-36-24(33)20-14-16(2)10-12-31(20)23(32)19(8-6-11-28-25(26)27)30-37(34,35)21-9-5-7-18-13-17(3)15-29-22(18)21/h5,7,9,16-17,19-20,29-30H,4,6,8,10-15H2,1-3H3,(H4,26,27,28)/t16-,17?,19+,20-/m1/s1. The van der Waals surface area contributed by atoms with Gasteiger partial charge in [0.1, 0.15) is 17.0 Å². The average Bonchev–Trinajstić information content (AvgIpc) is 2.84. The number of guanidine groups is 1. The van der Waals surface area contributed by atoms with Crippen LogP contribution in [0.15, 0.2) is 28.1 Å². The molecular formula is C25H40N6O5S. The second-order valence-corrected chi connectivity index (χ2v) is 11.7. The molecule has 0 bridgehead atoms. The third-order valence-electron chi connectivity index (χ3n) is 6.84. The van der Waals surface area contributed by atoms with Crippen LogP contribution in [0.25, 0.3) is 0 Å². The van der Waals surface area contributed by atoms with Crippen molar-refractivity contribution in [1.29, 1.82) is 0 Å². The molecule has 0 saturated carbocycles. The van der Waals surface area contributed by atoms with E-state index in [1.54, 1.807) is 13.0 Å². The maximum Gasteiger partial charge on any atom is 0.328 e. The van der Waals surface area contributed by atoms with Crippen molar-refractivity contribution in [1.82, 2.24) is 9.62 Å². The topological polar surface area (TPSA) is 169 Å². The Balaban J connectivity index is 1.89. The number of para-hydroxylation sites is 1. The summed E-state index contributed by atoms with van der Waals surface area (Å²) in [5.74, 6) is -0.388. The molecule has 11 nitrogen and oxygen atoms in total. The monoisotopic (exact) mass is 536 g/mol. The molecule has 0 aliphatic carbocycles. The minimum Gasteiger partial charge on any atom is -0.464 e. The molecule has 3 rings (SSSR count). The fourth-order valence-corrected chi connectivity index (χ4v) is 6.40. The Morgan fingerprint density at radius 1 is 1.27 bits per heavy atom. The van der Waals surface area contributed by atoms with Crippen LogP contribution >= 0.6 is 0 Å². The molecule has 1 saturated heterocycles. The number of carbonyl (C=O) groups is 2. The lowest BCUT2D eigenvalue weighted by molar-refractivity contribution is -0.158. The van der Waals surface area contributed by atoms with E-state index in [0.29, 0.717) is 44.0 Å². The highest BCUT2D eigenvalue weighted by molar-refractivity contribution is 7.89. The maximum absolute atomic E-state index is 13.8. The number of nitrogens with two attached hydrogens (primary N) is 2. The van der Waals surface area contributed by atoms with Crippen molar-refractivity contribution in [3.63, 3.8) is 0 Å². The summed E-state index contributed by atoms with van der Waals surface area (Å²) in [6.45, 7) is 7.28. The molecule has 1 aromatic rings. The molecule has 2 aliphatic rings. The van der Waals surface area contributed by atoms with Crippen LogP contribution in [0.4, 0.5) is 5.69 Å². The molecular weight excluding hydrogens is 496 g/mol. The van der Waals surface area contributed by atoms with Crippen LogP contribution in [0.5, 0.6) is 0 Å². The van der Waals surface area contributed by atoms with E-state index in [0.717, 1.165) is 12.0 Å². The number of rotatable bonds is 10. The van der Waals surface area contributed by atoms with E-state index in [1.807, 2.05) is 13.0 Å². The minimum absolute atomic E-state index is 0.0768. The highest BCUT2D eigenvalue weighted by Crippen LogP contribution is 2.32. The molecule has 0 radical (unpaired) electrons. The summed E-state index contributed by atoms with van der Waals surface area (Å²) in [4.78, 5) is 32.0. The lowest BCUT2D eigenvalue weighted by Crippen LogP contribution is -2.56. The van der Waals surface area contributed by atoms with Gasteiger partial charge in [0.15, 0.2) is 5.96 Å². The molecule has 37 heavy (non-hydrogen) atoms. The first-order valence-electron chi connectivity index (χ1n) is 12.9. The summed E-state index contributed by atoms with van der Waals surface area (Å²) in [6.07, 6.45) is 2.47. The number of nitrogens with one attached hydrogen (secondary N) is 2. The molecule has 0 aromatic heterocycles. The van der Waals surface area contributed by atoms with Crippen molar-refractivity contribution >= 4 is 33.5 Å². The van der Waals surface area contributed by atoms with Gasteiger partial charge in [-0.2, -0.15) is 4.72 Å². The Bertz CT molecular complexity index is 1100. The molecule has 4 atom stereocenters. The summed E-state index contributed by atoms with van der Waals surface area (Å²) >= 11 is 0. The first-order valence-corrected chi connectivity index (χ1v) is 14.4. The zero-order valence-corrected chi connectivity index (χ0v) is 22.7. The van der Waals surface area contributed by atoms with E-state index in [4.69, 9.17) is 16.2 Å². The number of amides is 1. The van der Waals surface area contributed by atoms with Gasteiger partial charge in [-0.25, -0.2) is 13.2 Å². The lowest BCUT2D eigenvalue weighted by atomic mass is 9.91. The SMILES string of the molecule is CCOC(=O)[C@H]1C[C@H](C)CCN1C(=O)[C@H](CCCN=C(N)N)NS(=O)(=O)c1cccc2c1NCC(C)C2. The van der Waals surface area contributed by atoms with Crippen molar-refractivity contribution in [2.45, 2.75) is 69.9 Å². The minimum atomic E-state index is -4.08. The van der Waals surface area contributed by atoms with Gasteiger partial charge in [-0.1, -0.05) is 26.0 Å². The van der Waals surface area contributed by atoms with Crippen LogP contribution < -0.4 is 21.5 Å². The van der Waals surface area contributed by atoms with Crippen LogP contribution in [0, 0.1) is 11.8 Å². The second kappa shape index (κ2) is 12.6. The van der Waals surface area contributed by atoms with Crippen molar-refractivity contribution in [3.05, 3.63) is 23.8 Å². The largest absolute Gasteiger partial charge is 0.464 e.